The van der Waals surface area contributed by atoms with Gasteiger partial charge in [0.1, 0.15) is 5.75 Å². The molecule has 41 heavy (non-hydrogen) atoms. The van der Waals surface area contributed by atoms with Crippen molar-refractivity contribution in [3.63, 3.8) is 0 Å². The number of anilines is 1. The molecule has 1 unspecified atom stereocenters. The van der Waals surface area contributed by atoms with Crippen LogP contribution in [0.25, 0.3) is 55.4 Å². The molecule has 1 aliphatic heterocycles. The van der Waals surface area contributed by atoms with E-state index >= 15 is 0 Å². The highest BCUT2D eigenvalue weighted by atomic mass is 16.5. The molecule has 1 aliphatic rings. The van der Waals surface area contributed by atoms with Gasteiger partial charge >= 0.3 is 0 Å². The zero-order valence-electron chi connectivity index (χ0n) is 22.2. The summed E-state index contributed by atoms with van der Waals surface area (Å²) in [6.07, 6.45) is -0.201. The lowest BCUT2D eigenvalue weighted by molar-refractivity contribution is 0.260. The second-order valence-corrected chi connectivity index (χ2v) is 10.3. The molecule has 0 amide bonds. The van der Waals surface area contributed by atoms with E-state index < -0.39 is 0 Å². The van der Waals surface area contributed by atoms with Crippen molar-refractivity contribution in [2.75, 3.05) is 5.32 Å². The number of hydrogen-bond acceptors (Lipinski definition) is 4. The topological polar surface area (TPSA) is 47.0 Å². The van der Waals surface area contributed by atoms with Crippen LogP contribution in [0.5, 0.6) is 5.75 Å². The number of aromatic nitrogens is 2. The predicted molar refractivity (Wildman–Crippen MR) is 167 cm³/mol. The minimum atomic E-state index is -0.201. The first-order valence-corrected chi connectivity index (χ1v) is 13.8. The fraction of sp³-hybridized carbons (Fsp3) is 0.0270. The number of ether oxygens (including phenoxy) is 1. The van der Waals surface area contributed by atoms with Gasteiger partial charge in [-0.25, -0.2) is 9.97 Å². The van der Waals surface area contributed by atoms with Crippen LogP contribution in [0.15, 0.2) is 140 Å². The summed E-state index contributed by atoms with van der Waals surface area (Å²) in [5, 5.41) is 6.95. The smallest absolute Gasteiger partial charge is 0.196 e. The van der Waals surface area contributed by atoms with Gasteiger partial charge in [0, 0.05) is 27.5 Å². The van der Waals surface area contributed by atoms with Crippen molar-refractivity contribution >= 4 is 27.4 Å². The monoisotopic (exact) mass is 527 g/mol. The molecular formula is C37H25N3O. The van der Waals surface area contributed by atoms with Crippen molar-refractivity contribution < 1.29 is 4.74 Å². The standard InChI is InChI=1S/C37H25N3O/c1-3-10-25(11-4-1)34-30-16-7-8-17-32(30)38-36(39-34)29-15-9-14-27(22-29)28-19-18-24-20-21-33-35(31(24)23-28)40-37(41-33)26-12-5-2-6-13-26/h1-23,37,40H. The van der Waals surface area contributed by atoms with E-state index in [0.29, 0.717) is 5.82 Å². The molecule has 6 aromatic carbocycles. The van der Waals surface area contributed by atoms with Gasteiger partial charge in [0.15, 0.2) is 12.1 Å². The van der Waals surface area contributed by atoms with Gasteiger partial charge in [-0.3, -0.25) is 0 Å². The summed E-state index contributed by atoms with van der Waals surface area (Å²) < 4.78 is 6.28. The Morgan fingerprint density at radius 1 is 0.537 bits per heavy atom. The molecule has 8 rings (SSSR count). The van der Waals surface area contributed by atoms with Gasteiger partial charge in [-0.15, -0.1) is 0 Å². The largest absolute Gasteiger partial charge is 0.464 e. The van der Waals surface area contributed by atoms with E-state index in [0.717, 1.165) is 61.2 Å². The molecular weight excluding hydrogens is 502 g/mol. The van der Waals surface area contributed by atoms with Crippen molar-refractivity contribution in [3.8, 4) is 39.5 Å². The summed E-state index contributed by atoms with van der Waals surface area (Å²) in [5.41, 5.74) is 8.30. The van der Waals surface area contributed by atoms with Gasteiger partial charge in [-0.2, -0.15) is 0 Å². The minimum absolute atomic E-state index is 0.201. The molecule has 0 bridgehead atoms. The highest BCUT2D eigenvalue weighted by Gasteiger charge is 2.25. The molecule has 0 radical (unpaired) electrons. The van der Waals surface area contributed by atoms with Crippen LogP contribution in [0, 0.1) is 0 Å². The summed E-state index contributed by atoms with van der Waals surface area (Å²) in [7, 11) is 0. The molecule has 2 heterocycles. The lowest BCUT2D eigenvalue weighted by atomic mass is 9.98. The van der Waals surface area contributed by atoms with Crippen LogP contribution < -0.4 is 10.1 Å². The SMILES string of the molecule is c1ccc(-c2nc(-c3cccc(-c4ccc5ccc6c(c5c4)NC(c4ccccc4)O6)c3)nc3ccccc23)cc1. The molecule has 0 fully saturated rings. The Morgan fingerprint density at radius 2 is 1.24 bits per heavy atom. The molecule has 4 heteroatoms. The predicted octanol–water partition coefficient (Wildman–Crippen LogP) is 9.29. The Kier molecular flexibility index (Phi) is 5.49. The van der Waals surface area contributed by atoms with Crippen molar-refractivity contribution in [1.82, 2.24) is 9.97 Å². The lowest BCUT2D eigenvalue weighted by Gasteiger charge is -2.12. The van der Waals surface area contributed by atoms with Crippen LogP contribution in [0.1, 0.15) is 11.8 Å². The minimum Gasteiger partial charge on any atom is -0.464 e. The van der Waals surface area contributed by atoms with E-state index in [-0.39, 0.29) is 6.23 Å². The first-order chi connectivity index (χ1) is 20.3. The first kappa shape index (κ1) is 23.4. The molecule has 194 valence electrons. The van der Waals surface area contributed by atoms with Crippen molar-refractivity contribution in [3.05, 3.63) is 145 Å². The zero-order valence-corrected chi connectivity index (χ0v) is 22.2. The summed E-state index contributed by atoms with van der Waals surface area (Å²) in [4.78, 5) is 10.0. The Bertz CT molecular complexity index is 2060. The number of fused-ring (bicyclic) bond motifs is 4. The summed E-state index contributed by atoms with van der Waals surface area (Å²) in [6.45, 7) is 0. The number of para-hydroxylation sites is 1. The molecule has 0 aliphatic carbocycles. The number of nitrogens with one attached hydrogen (secondary N) is 1. The molecule has 1 N–H and O–H groups in total. The summed E-state index contributed by atoms with van der Waals surface area (Å²) >= 11 is 0. The van der Waals surface area contributed by atoms with Crippen LogP contribution in [-0.2, 0) is 0 Å². The highest BCUT2D eigenvalue weighted by Crippen LogP contribution is 2.44. The maximum Gasteiger partial charge on any atom is 0.196 e. The van der Waals surface area contributed by atoms with E-state index in [4.69, 9.17) is 14.7 Å². The Hall–Kier alpha value is -5.48. The van der Waals surface area contributed by atoms with Gasteiger partial charge < -0.3 is 10.1 Å². The molecule has 1 atom stereocenters. The third-order valence-electron chi connectivity index (χ3n) is 7.71. The fourth-order valence-corrected chi connectivity index (χ4v) is 5.65. The number of nitrogens with zero attached hydrogens (tertiary/aromatic N) is 2. The third kappa shape index (κ3) is 4.17. The number of hydrogen-bond donors (Lipinski definition) is 1. The molecule has 7 aromatic rings. The Morgan fingerprint density at radius 3 is 2.12 bits per heavy atom. The van der Waals surface area contributed by atoms with Gasteiger partial charge in [0.05, 0.1) is 16.9 Å². The average molecular weight is 528 g/mol. The second kappa shape index (κ2) is 9.61. The maximum atomic E-state index is 6.28. The first-order valence-electron chi connectivity index (χ1n) is 13.8. The van der Waals surface area contributed by atoms with Crippen molar-refractivity contribution in [2.45, 2.75) is 6.23 Å². The fourth-order valence-electron chi connectivity index (χ4n) is 5.65. The van der Waals surface area contributed by atoms with E-state index in [1.165, 1.54) is 5.39 Å². The maximum absolute atomic E-state index is 6.28. The summed E-state index contributed by atoms with van der Waals surface area (Å²) in [6, 6.07) is 48.0. The quantitative estimate of drug-likeness (QED) is 0.248. The van der Waals surface area contributed by atoms with Crippen LogP contribution in [0.2, 0.25) is 0 Å². The molecule has 0 saturated heterocycles. The normalized spacial score (nSPS) is 14.0. The molecule has 1 aromatic heterocycles. The van der Waals surface area contributed by atoms with Crippen molar-refractivity contribution in [1.29, 1.82) is 0 Å². The Balaban J connectivity index is 1.21. The van der Waals surface area contributed by atoms with Gasteiger partial charge in [0.25, 0.3) is 0 Å². The van der Waals surface area contributed by atoms with Crippen LogP contribution in [0.3, 0.4) is 0 Å². The Labute approximate surface area is 237 Å². The van der Waals surface area contributed by atoms with Gasteiger partial charge in [0.2, 0.25) is 0 Å². The second-order valence-electron chi connectivity index (χ2n) is 10.3. The molecule has 4 nitrogen and oxygen atoms in total. The van der Waals surface area contributed by atoms with E-state index in [2.05, 4.69) is 96.3 Å². The molecule has 0 spiro atoms. The lowest BCUT2D eigenvalue weighted by Crippen LogP contribution is -2.09. The molecule has 0 saturated carbocycles. The van der Waals surface area contributed by atoms with Gasteiger partial charge in [-0.1, -0.05) is 115 Å². The van der Waals surface area contributed by atoms with E-state index in [9.17, 15) is 0 Å². The summed E-state index contributed by atoms with van der Waals surface area (Å²) in [5.74, 6) is 1.59. The van der Waals surface area contributed by atoms with E-state index in [1.54, 1.807) is 0 Å². The van der Waals surface area contributed by atoms with Crippen LogP contribution in [0.4, 0.5) is 5.69 Å². The van der Waals surface area contributed by atoms with Crippen LogP contribution in [-0.4, -0.2) is 9.97 Å². The van der Waals surface area contributed by atoms with Gasteiger partial charge in [-0.05, 0) is 40.8 Å². The average Bonchev–Trinajstić information content (AvgIpc) is 3.50. The zero-order chi connectivity index (χ0) is 27.2. The highest BCUT2D eigenvalue weighted by molar-refractivity contribution is 6.00. The van der Waals surface area contributed by atoms with E-state index in [1.807, 2.05) is 48.5 Å². The number of benzene rings is 6. The third-order valence-corrected chi connectivity index (χ3v) is 7.71. The van der Waals surface area contributed by atoms with Crippen molar-refractivity contribution in [2.24, 2.45) is 0 Å². The number of rotatable bonds is 4. The van der Waals surface area contributed by atoms with Crippen LogP contribution >= 0.6 is 0 Å².